The average molecular weight is 788 g/mol. The average Bonchev–Trinajstić information content (AvgIpc) is 3.64. The molecule has 2 aliphatic heterocycles. The lowest BCUT2D eigenvalue weighted by Crippen LogP contribution is -2.62. The van der Waals surface area contributed by atoms with Crippen molar-refractivity contribution in [3.8, 4) is 0 Å². The van der Waals surface area contributed by atoms with Crippen LogP contribution in [0.5, 0.6) is 0 Å². The first-order valence-corrected chi connectivity index (χ1v) is 22.5. The van der Waals surface area contributed by atoms with Crippen molar-refractivity contribution in [3.63, 3.8) is 0 Å². The Morgan fingerprint density at radius 1 is 1.09 bits per heavy atom. The van der Waals surface area contributed by atoms with Crippen LogP contribution in [0.1, 0.15) is 158 Å². The zero-order valence-corrected chi connectivity index (χ0v) is 38.4. The molecule has 0 saturated carbocycles. The molecule has 3 heterocycles. The molecule has 1 aromatic carbocycles. The third kappa shape index (κ3) is 8.46. The molecule has 2 aliphatic carbocycles. The summed E-state index contributed by atoms with van der Waals surface area (Å²) in [4.78, 5) is 6.68. The molecule has 0 amide bonds. The predicted octanol–water partition coefficient (Wildman–Crippen LogP) is 13.4. The number of hydrogen-bond acceptors (Lipinski definition) is 3. The zero-order chi connectivity index (χ0) is 45.8. The highest BCUT2D eigenvalue weighted by Crippen LogP contribution is 2.55. The smallest absolute Gasteiger partial charge is 0.259 e. The highest BCUT2D eigenvalue weighted by atomic mass is 32.1. The van der Waals surface area contributed by atoms with E-state index in [-0.39, 0.29) is 67.0 Å². The van der Waals surface area contributed by atoms with Crippen LogP contribution in [0.3, 0.4) is 0 Å². The fraction of sp³-hybridized carbons (Fsp3) is 0.547. The molecular weight excluding hydrogens is 707 g/mol. The van der Waals surface area contributed by atoms with Crippen LogP contribution in [-0.4, -0.2) is 25.3 Å². The van der Waals surface area contributed by atoms with E-state index < -0.39 is 0 Å². The van der Waals surface area contributed by atoms with E-state index in [0.29, 0.717) is 35.4 Å². The van der Waals surface area contributed by atoms with Crippen molar-refractivity contribution in [2.24, 2.45) is 17.8 Å². The second kappa shape index (κ2) is 16.4. The normalized spacial score (nSPS) is 23.2. The van der Waals surface area contributed by atoms with Crippen molar-refractivity contribution in [2.75, 3.05) is 16.3 Å². The lowest BCUT2D eigenvalue weighted by Gasteiger charge is -2.51. The summed E-state index contributed by atoms with van der Waals surface area (Å²) < 4.78 is 43.4. The van der Waals surface area contributed by atoms with Gasteiger partial charge in [0.25, 0.3) is 6.71 Å². The van der Waals surface area contributed by atoms with Gasteiger partial charge in [0, 0.05) is 36.4 Å². The fourth-order valence-electron chi connectivity index (χ4n) is 9.50. The van der Waals surface area contributed by atoms with Gasteiger partial charge in [-0.1, -0.05) is 162 Å². The van der Waals surface area contributed by atoms with Gasteiger partial charge in [0.2, 0.25) is 0 Å². The Morgan fingerprint density at radius 3 is 2.46 bits per heavy atom. The van der Waals surface area contributed by atoms with E-state index in [1.54, 1.807) is 0 Å². The molecule has 0 N–H and O–H groups in total. The molecule has 6 rings (SSSR count). The number of fused-ring (bicyclic) bond motifs is 7. The maximum Gasteiger partial charge on any atom is 0.259 e. The zero-order valence-electron chi connectivity index (χ0n) is 42.6. The quantitative estimate of drug-likeness (QED) is 0.113. The minimum atomic E-state index is -0.381. The molecule has 57 heavy (non-hydrogen) atoms. The first kappa shape index (κ1) is 36.8. The summed E-state index contributed by atoms with van der Waals surface area (Å²) in [5.41, 5.74) is 11.6. The standard InChI is InChI=1S/C53H75BN2S/c1-17-18-19-37(8)39(10)32-55-33-44-46(30-38(9)35(4)5)56(42-23-20-40(21-24-42)36(6)7)48-47-49(53(15,16)29-28-52(47,13)14)57-50(48)54(44)43-25-22-41(31-45(43)55)51(11,12)27-26-34(2)3/h17-23,25,31,33-36,42,46H,9-10,24,26-30,32H2,1-8,11-16H3/b18-17-,37-19+/i1D,8D,17D,18D,19D. The number of thiophene rings is 1. The lowest BCUT2D eigenvalue weighted by atomic mass is 9.34. The third-order valence-electron chi connectivity index (χ3n) is 13.7. The molecule has 0 saturated heterocycles. The molecule has 2 unspecified atom stereocenters. The number of allylic oxidation sites excluding steroid dienone is 5. The van der Waals surface area contributed by atoms with E-state index in [4.69, 9.17) is 13.4 Å². The SMILES string of the molecule is [2H]C/C([2H])=C([2H])\C([2H])=C(/C[2H])C(=C)CN1C=C2B(c3ccc(C(C)(C)CCC(C)C)cc31)c1sc3c(c1N(C1C=CC(C(C)C)=CC1)C2CC(=C)C(C)C)C(C)(C)CCC3(C)C. The molecule has 2 aromatic rings. The highest BCUT2D eigenvalue weighted by Gasteiger charge is 2.52. The Balaban J connectivity index is 1.66. The van der Waals surface area contributed by atoms with E-state index >= 15 is 0 Å². The van der Waals surface area contributed by atoms with Gasteiger partial charge in [-0.15, -0.1) is 0 Å². The maximum atomic E-state index is 8.93. The van der Waals surface area contributed by atoms with Gasteiger partial charge in [0.1, 0.15) is 0 Å². The Labute approximate surface area is 360 Å². The van der Waals surface area contributed by atoms with Crippen LogP contribution in [0, 0.1) is 17.8 Å². The van der Waals surface area contributed by atoms with E-state index in [1.807, 2.05) is 0 Å². The van der Waals surface area contributed by atoms with E-state index in [9.17, 15) is 0 Å². The largest absolute Gasteiger partial charge is 0.358 e. The summed E-state index contributed by atoms with van der Waals surface area (Å²) in [5, 5.41) is 0. The number of rotatable bonds is 13. The van der Waals surface area contributed by atoms with Crippen molar-refractivity contribution >= 4 is 39.7 Å². The first-order valence-electron chi connectivity index (χ1n) is 24.6. The van der Waals surface area contributed by atoms with Gasteiger partial charge in [0.15, 0.2) is 0 Å². The number of benzene rings is 1. The van der Waals surface area contributed by atoms with Crippen LogP contribution in [0.25, 0.3) is 0 Å². The van der Waals surface area contributed by atoms with Gasteiger partial charge >= 0.3 is 0 Å². The van der Waals surface area contributed by atoms with Crippen LogP contribution in [0.15, 0.2) is 102 Å². The van der Waals surface area contributed by atoms with Crippen molar-refractivity contribution in [2.45, 2.75) is 164 Å². The summed E-state index contributed by atoms with van der Waals surface area (Å²) >= 11 is 2.06. The minimum Gasteiger partial charge on any atom is -0.358 e. The Hall–Kier alpha value is -3.24. The van der Waals surface area contributed by atoms with E-state index in [1.165, 1.54) is 48.5 Å². The molecule has 0 spiro atoms. The molecule has 2 nitrogen and oxygen atoms in total. The summed E-state index contributed by atoms with van der Waals surface area (Å²) in [5.74, 6) is 1.39. The maximum absolute atomic E-state index is 8.93. The first-order chi connectivity index (χ1) is 28.9. The minimum absolute atomic E-state index is 0.00782. The van der Waals surface area contributed by atoms with Gasteiger partial charge in [-0.05, 0) is 125 Å². The topological polar surface area (TPSA) is 6.48 Å². The summed E-state index contributed by atoms with van der Waals surface area (Å²) in [6, 6.07) is 6.70. The summed E-state index contributed by atoms with van der Waals surface area (Å²) in [7, 11) is 0. The van der Waals surface area contributed by atoms with Crippen molar-refractivity contribution in [1.82, 2.24) is 0 Å². The summed E-state index contributed by atoms with van der Waals surface area (Å²) in [6.07, 6.45) is 16.0. The second-order valence-corrected chi connectivity index (χ2v) is 21.6. The second-order valence-electron chi connectivity index (χ2n) is 20.5. The Kier molecular flexibility index (Phi) is 10.6. The van der Waals surface area contributed by atoms with Crippen LogP contribution in [-0.2, 0) is 16.2 Å². The molecule has 4 aliphatic rings. The molecular formula is C53H75BN2S. The van der Waals surface area contributed by atoms with Gasteiger partial charge in [0.05, 0.1) is 10.2 Å². The van der Waals surface area contributed by atoms with Gasteiger partial charge in [-0.2, -0.15) is 11.3 Å². The van der Waals surface area contributed by atoms with Crippen LogP contribution >= 0.6 is 11.3 Å². The monoisotopic (exact) mass is 788 g/mol. The Morgan fingerprint density at radius 2 is 1.82 bits per heavy atom. The van der Waals surface area contributed by atoms with Crippen molar-refractivity contribution in [1.29, 1.82) is 0 Å². The molecule has 1 aromatic heterocycles. The summed E-state index contributed by atoms with van der Waals surface area (Å²) in [6.45, 7) is 37.3. The highest BCUT2D eigenvalue weighted by molar-refractivity contribution is 7.28. The van der Waals surface area contributed by atoms with Gasteiger partial charge in [-0.3, -0.25) is 0 Å². The fourth-order valence-corrected chi connectivity index (χ4v) is 11.3. The molecule has 0 fully saturated rings. The number of anilines is 2. The van der Waals surface area contributed by atoms with Gasteiger partial charge in [-0.25, -0.2) is 0 Å². The molecule has 0 bridgehead atoms. The van der Waals surface area contributed by atoms with Crippen LogP contribution in [0.4, 0.5) is 11.4 Å². The molecule has 2 atom stereocenters. The molecule has 4 heteroatoms. The van der Waals surface area contributed by atoms with Crippen LogP contribution in [0.2, 0.25) is 0 Å². The molecule has 0 radical (unpaired) electrons. The number of nitrogens with zero attached hydrogens (tertiary/aromatic N) is 2. The van der Waals surface area contributed by atoms with Crippen molar-refractivity contribution in [3.05, 3.63) is 118 Å². The Bertz CT molecular complexity index is 2230. The number of hydrogen-bond donors (Lipinski definition) is 0. The van der Waals surface area contributed by atoms with Crippen LogP contribution < -0.4 is 20.0 Å². The van der Waals surface area contributed by atoms with Gasteiger partial charge < -0.3 is 9.80 Å². The van der Waals surface area contributed by atoms with E-state index in [0.717, 1.165) is 44.2 Å². The predicted molar refractivity (Wildman–Crippen MR) is 257 cm³/mol. The molecule has 306 valence electrons. The van der Waals surface area contributed by atoms with Crippen molar-refractivity contribution < 1.29 is 6.85 Å². The van der Waals surface area contributed by atoms with E-state index in [2.05, 4.69) is 153 Å². The third-order valence-corrected chi connectivity index (χ3v) is 15.3. The lowest BCUT2D eigenvalue weighted by molar-refractivity contribution is 0.338.